The van der Waals surface area contributed by atoms with Gasteiger partial charge in [-0.05, 0) is 36.6 Å². The Bertz CT molecular complexity index is 1020. The summed E-state index contributed by atoms with van der Waals surface area (Å²) in [4.78, 5) is 35.3. The van der Waals surface area contributed by atoms with E-state index in [1.54, 1.807) is 28.6 Å². The van der Waals surface area contributed by atoms with Crippen molar-refractivity contribution in [1.82, 2.24) is 24.8 Å². The summed E-state index contributed by atoms with van der Waals surface area (Å²) in [6.07, 6.45) is 4.58. The average molecular weight is 422 g/mol. The molecule has 31 heavy (non-hydrogen) atoms. The van der Waals surface area contributed by atoms with Gasteiger partial charge in [-0.15, -0.1) is 0 Å². The maximum absolute atomic E-state index is 13.1. The molecule has 0 saturated carbocycles. The summed E-state index contributed by atoms with van der Waals surface area (Å²) in [5, 5.41) is 2.95. The van der Waals surface area contributed by atoms with E-state index in [1.165, 1.54) is 13.3 Å². The van der Waals surface area contributed by atoms with Gasteiger partial charge in [0.2, 0.25) is 0 Å². The number of hydrogen-bond acceptors (Lipinski definition) is 5. The molecule has 2 amide bonds. The lowest BCUT2D eigenvalue weighted by atomic mass is 10.0. The molecule has 2 heterocycles. The van der Waals surface area contributed by atoms with Crippen molar-refractivity contribution in [3.8, 4) is 6.01 Å². The largest absolute Gasteiger partial charge is 0.467 e. The minimum Gasteiger partial charge on any atom is -0.467 e. The Morgan fingerprint density at radius 3 is 2.61 bits per heavy atom. The summed E-state index contributed by atoms with van der Waals surface area (Å²) >= 11 is 0. The molecule has 162 valence electrons. The number of benzene rings is 1. The molecule has 0 saturated heterocycles. The first-order valence-corrected chi connectivity index (χ1v) is 10.1. The third kappa shape index (κ3) is 5.69. The SMILES string of the molecule is COc1nccc(C(=O)N(C)C(CCNC(=O)c2cccn2C)Cc2ccccc2)n1. The van der Waals surface area contributed by atoms with Gasteiger partial charge in [-0.2, -0.15) is 4.98 Å². The fraction of sp³-hybridized carbons (Fsp3) is 0.304. The average Bonchev–Trinajstić information content (AvgIpc) is 3.24. The Labute approximate surface area is 181 Å². The Hall–Kier alpha value is -3.68. The minimum atomic E-state index is -0.226. The summed E-state index contributed by atoms with van der Waals surface area (Å²) in [7, 11) is 5.04. The number of aromatic nitrogens is 3. The van der Waals surface area contributed by atoms with Crippen LogP contribution in [0.15, 0.2) is 60.9 Å². The normalized spacial score (nSPS) is 11.6. The molecule has 1 unspecified atom stereocenters. The zero-order valence-electron chi connectivity index (χ0n) is 18.0. The van der Waals surface area contributed by atoms with E-state index in [-0.39, 0.29) is 29.6 Å². The zero-order chi connectivity index (χ0) is 22.2. The molecular formula is C23H27N5O3. The number of carbonyl (C=O) groups excluding carboxylic acids is 2. The van der Waals surface area contributed by atoms with Gasteiger partial charge in [0.1, 0.15) is 11.4 Å². The van der Waals surface area contributed by atoms with Gasteiger partial charge in [-0.25, -0.2) is 4.98 Å². The number of ether oxygens (including phenoxy) is 1. The number of amides is 2. The fourth-order valence-corrected chi connectivity index (χ4v) is 3.36. The molecule has 1 N–H and O–H groups in total. The minimum absolute atomic E-state index is 0.135. The molecular weight excluding hydrogens is 394 g/mol. The monoisotopic (exact) mass is 421 g/mol. The predicted octanol–water partition coefficient (Wildman–Crippen LogP) is 2.33. The van der Waals surface area contributed by atoms with Crippen LogP contribution in [-0.2, 0) is 13.5 Å². The van der Waals surface area contributed by atoms with E-state index < -0.39 is 0 Å². The van der Waals surface area contributed by atoms with E-state index in [1.807, 2.05) is 49.6 Å². The van der Waals surface area contributed by atoms with Crippen LogP contribution in [0.3, 0.4) is 0 Å². The Kier molecular flexibility index (Phi) is 7.37. The Balaban J connectivity index is 1.71. The first-order chi connectivity index (χ1) is 15.0. The van der Waals surface area contributed by atoms with E-state index in [9.17, 15) is 9.59 Å². The van der Waals surface area contributed by atoms with E-state index in [0.29, 0.717) is 25.1 Å². The van der Waals surface area contributed by atoms with Crippen molar-refractivity contribution in [2.24, 2.45) is 7.05 Å². The molecule has 0 spiro atoms. The summed E-state index contributed by atoms with van der Waals surface area (Å²) < 4.78 is 6.81. The van der Waals surface area contributed by atoms with Crippen LogP contribution in [0, 0.1) is 0 Å². The number of rotatable bonds is 9. The molecule has 0 aliphatic heterocycles. The molecule has 2 aromatic heterocycles. The quantitative estimate of drug-likeness (QED) is 0.573. The zero-order valence-corrected chi connectivity index (χ0v) is 18.0. The van der Waals surface area contributed by atoms with Crippen molar-refractivity contribution in [2.45, 2.75) is 18.9 Å². The van der Waals surface area contributed by atoms with Crippen molar-refractivity contribution in [1.29, 1.82) is 0 Å². The van der Waals surface area contributed by atoms with E-state index in [4.69, 9.17) is 4.74 Å². The van der Waals surface area contributed by atoms with E-state index in [0.717, 1.165) is 5.56 Å². The summed E-state index contributed by atoms with van der Waals surface area (Å²) in [5.74, 6) is -0.365. The number of carbonyl (C=O) groups is 2. The number of nitrogens with zero attached hydrogens (tertiary/aromatic N) is 4. The van der Waals surface area contributed by atoms with Crippen molar-refractivity contribution >= 4 is 11.8 Å². The maximum Gasteiger partial charge on any atom is 0.316 e. The molecule has 1 aromatic carbocycles. The Morgan fingerprint density at radius 1 is 1.16 bits per heavy atom. The second kappa shape index (κ2) is 10.4. The number of likely N-dealkylation sites (N-methyl/N-ethyl adjacent to an activating group) is 1. The lowest BCUT2D eigenvalue weighted by molar-refractivity contribution is 0.0715. The van der Waals surface area contributed by atoms with Crippen molar-refractivity contribution in [3.05, 3.63) is 77.9 Å². The van der Waals surface area contributed by atoms with Gasteiger partial charge >= 0.3 is 6.01 Å². The molecule has 0 aliphatic carbocycles. The van der Waals surface area contributed by atoms with Gasteiger partial charge in [0.05, 0.1) is 7.11 Å². The van der Waals surface area contributed by atoms with Crippen LogP contribution in [-0.4, -0.2) is 58.0 Å². The Morgan fingerprint density at radius 2 is 1.94 bits per heavy atom. The number of methoxy groups -OCH3 is 1. The molecule has 8 heteroatoms. The molecule has 0 fully saturated rings. The molecule has 0 aliphatic rings. The van der Waals surface area contributed by atoms with E-state index >= 15 is 0 Å². The lowest BCUT2D eigenvalue weighted by Gasteiger charge is -2.28. The molecule has 8 nitrogen and oxygen atoms in total. The highest BCUT2D eigenvalue weighted by molar-refractivity contribution is 5.93. The molecule has 0 radical (unpaired) electrons. The van der Waals surface area contributed by atoms with Crippen LogP contribution in [0.5, 0.6) is 6.01 Å². The highest BCUT2D eigenvalue weighted by Crippen LogP contribution is 2.14. The molecule has 1 atom stereocenters. The first kappa shape index (κ1) is 22.0. The predicted molar refractivity (Wildman–Crippen MR) is 117 cm³/mol. The number of nitrogens with one attached hydrogen (secondary N) is 1. The standard InChI is InChI=1S/C23H27N5O3/c1-27-15-7-10-20(27)21(29)24-13-11-18(16-17-8-5-4-6-9-17)28(2)22(30)19-12-14-25-23(26-19)31-3/h4-10,12,14-15,18H,11,13,16H2,1-3H3,(H,24,29). The van der Waals surface area contributed by atoms with Crippen LogP contribution >= 0.6 is 0 Å². The highest BCUT2D eigenvalue weighted by Gasteiger charge is 2.23. The third-order valence-corrected chi connectivity index (χ3v) is 5.16. The van der Waals surface area contributed by atoms with Crippen LogP contribution in [0.25, 0.3) is 0 Å². The van der Waals surface area contributed by atoms with Gasteiger partial charge < -0.3 is 19.5 Å². The van der Waals surface area contributed by atoms with Gasteiger partial charge in [0.15, 0.2) is 0 Å². The van der Waals surface area contributed by atoms with Gasteiger partial charge in [0.25, 0.3) is 11.8 Å². The van der Waals surface area contributed by atoms with Crippen LogP contribution in [0.4, 0.5) is 0 Å². The second-order valence-electron chi connectivity index (χ2n) is 7.24. The van der Waals surface area contributed by atoms with Gasteiger partial charge in [0, 0.05) is 39.1 Å². The lowest BCUT2D eigenvalue weighted by Crippen LogP contribution is -2.41. The maximum atomic E-state index is 13.1. The van der Waals surface area contributed by atoms with Gasteiger partial charge in [-0.1, -0.05) is 30.3 Å². The topological polar surface area (TPSA) is 89.4 Å². The first-order valence-electron chi connectivity index (χ1n) is 10.1. The highest BCUT2D eigenvalue weighted by atomic mass is 16.5. The fourth-order valence-electron chi connectivity index (χ4n) is 3.36. The molecule has 3 rings (SSSR count). The third-order valence-electron chi connectivity index (χ3n) is 5.16. The van der Waals surface area contributed by atoms with Gasteiger partial charge in [-0.3, -0.25) is 9.59 Å². The molecule has 3 aromatic rings. The summed E-state index contributed by atoms with van der Waals surface area (Å²) in [5.41, 5.74) is 1.97. The second-order valence-corrected chi connectivity index (χ2v) is 7.24. The van der Waals surface area contributed by atoms with Crippen LogP contribution < -0.4 is 10.1 Å². The smallest absolute Gasteiger partial charge is 0.316 e. The van der Waals surface area contributed by atoms with Crippen LogP contribution in [0.2, 0.25) is 0 Å². The summed E-state index contributed by atoms with van der Waals surface area (Å²) in [6.45, 7) is 0.437. The van der Waals surface area contributed by atoms with Crippen molar-refractivity contribution < 1.29 is 14.3 Å². The van der Waals surface area contributed by atoms with Crippen LogP contribution in [0.1, 0.15) is 33.0 Å². The number of aryl methyl sites for hydroxylation is 1. The summed E-state index contributed by atoms with van der Waals surface area (Å²) in [6, 6.07) is 15.1. The number of hydrogen-bond donors (Lipinski definition) is 1. The molecule has 0 bridgehead atoms. The van der Waals surface area contributed by atoms with Crippen molar-refractivity contribution in [3.63, 3.8) is 0 Å². The van der Waals surface area contributed by atoms with E-state index in [2.05, 4.69) is 15.3 Å². The van der Waals surface area contributed by atoms with Crippen molar-refractivity contribution in [2.75, 3.05) is 20.7 Å².